The van der Waals surface area contributed by atoms with Crippen LogP contribution in [0.5, 0.6) is 5.75 Å². The number of ether oxygens (including phenoxy) is 1. The number of rotatable bonds is 5. The third-order valence-electron chi connectivity index (χ3n) is 14.4. The van der Waals surface area contributed by atoms with Crippen LogP contribution in [-0.4, -0.2) is 34.5 Å². The van der Waals surface area contributed by atoms with E-state index in [4.69, 9.17) is 10.5 Å². The van der Waals surface area contributed by atoms with Gasteiger partial charge in [-0.3, -0.25) is 9.59 Å². The normalized spacial score (nSPS) is 39.3. The molecule has 0 heterocycles. The van der Waals surface area contributed by atoms with Crippen LogP contribution in [0.3, 0.4) is 0 Å². The van der Waals surface area contributed by atoms with E-state index in [2.05, 4.69) is 47.6 Å². The molecule has 0 spiro atoms. The van der Waals surface area contributed by atoms with Crippen LogP contribution < -0.4 is 5.73 Å². The van der Waals surface area contributed by atoms with E-state index in [-0.39, 0.29) is 51.8 Å². The second-order valence-electron chi connectivity index (χ2n) is 17.3. The minimum Gasteiger partial charge on any atom is -0.508 e. The van der Waals surface area contributed by atoms with Gasteiger partial charge in [-0.1, -0.05) is 53.2 Å². The van der Waals surface area contributed by atoms with E-state index in [1.54, 1.807) is 12.1 Å². The number of benzene rings is 1. The van der Waals surface area contributed by atoms with Crippen LogP contribution >= 0.6 is 0 Å². The van der Waals surface area contributed by atoms with Gasteiger partial charge in [0.15, 0.2) is 0 Å². The highest BCUT2D eigenvalue weighted by Crippen LogP contribution is 2.75. The minimum atomic E-state index is -0.800. The van der Waals surface area contributed by atoms with Crippen LogP contribution in [0.4, 0.5) is 5.69 Å². The molecule has 6 rings (SSSR count). The van der Waals surface area contributed by atoms with Crippen molar-refractivity contribution in [2.45, 2.75) is 106 Å². The van der Waals surface area contributed by atoms with Crippen LogP contribution in [0.2, 0.25) is 0 Å². The Hall–Kier alpha value is -3.09. The van der Waals surface area contributed by atoms with Crippen molar-refractivity contribution in [3.8, 4) is 5.75 Å². The molecule has 0 radical (unpaired) electrons. The average Bonchev–Trinajstić information content (AvgIpc) is 2.98. The molecule has 250 valence electrons. The van der Waals surface area contributed by atoms with E-state index < -0.39 is 22.8 Å². The first-order valence-corrected chi connectivity index (χ1v) is 17.3. The number of Topliss-reactive ketones (excluding diaryl/α,β-unsaturated/α-hetero) is 1. The Morgan fingerprint density at radius 3 is 2.43 bits per heavy atom. The van der Waals surface area contributed by atoms with Gasteiger partial charge in [0.25, 0.3) is 0 Å². The zero-order valence-corrected chi connectivity index (χ0v) is 28.6. The van der Waals surface area contributed by atoms with E-state index in [9.17, 15) is 24.6 Å². The number of nitrogen functional groups attached to an aromatic ring is 1. The third kappa shape index (κ3) is 4.69. The number of anilines is 1. The molecular weight excluding hydrogens is 578 g/mol. The van der Waals surface area contributed by atoms with Gasteiger partial charge in [0.1, 0.15) is 18.1 Å². The maximum absolute atomic E-state index is 13.4. The molecule has 0 aromatic heterocycles. The summed E-state index contributed by atoms with van der Waals surface area (Å²) in [5.41, 5.74) is 6.31. The van der Waals surface area contributed by atoms with Gasteiger partial charge >= 0.3 is 11.9 Å². The smallest absolute Gasteiger partial charge is 0.330 e. The number of aromatic hydroxyl groups is 1. The first kappa shape index (κ1) is 32.8. The van der Waals surface area contributed by atoms with E-state index in [1.807, 2.05) is 0 Å². The Kier molecular flexibility index (Phi) is 7.65. The summed E-state index contributed by atoms with van der Waals surface area (Å²) in [4.78, 5) is 39.7. The Labute approximate surface area is 274 Å². The van der Waals surface area contributed by atoms with Crippen molar-refractivity contribution < 1.29 is 29.3 Å². The molecule has 7 unspecified atom stereocenters. The number of fused-ring (bicyclic) bond motifs is 7. The number of phenolic OH excluding ortho intramolecular Hbond substituents is 1. The van der Waals surface area contributed by atoms with Gasteiger partial charge in [0, 0.05) is 34.6 Å². The second kappa shape index (κ2) is 10.7. The lowest BCUT2D eigenvalue weighted by atomic mass is 9.33. The highest BCUT2D eigenvalue weighted by atomic mass is 16.5. The highest BCUT2D eigenvalue weighted by molar-refractivity contribution is 5.88. The lowest BCUT2D eigenvalue weighted by Crippen LogP contribution is -2.66. The molecule has 0 aliphatic heterocycles. The molecule has 7 atom stereocenters. The van der Waals surface area contributed by atoms with Crippen LogP contribution in [0.1, 0.15) is 111 Å². The molecule has 0 amide bonds. The molecule has 4 N–H and O–H groups in total. The minimum absolute atomic E-state index is 0.0171. The number of hydrogen-bond donors (Lipinski definition) is 3. The lowest BCUT2D eigenvalue weighted by molar-refractivity contribution is -0.202. The van der Waals surface area contributed by atoms with E-state index in [1.165, 1.54) is 23.8 Å². The summed E-state index contributed by atoms with van der Waals surface area (Å²) in [6, 6.07) is 4.61. The summed E-state index contributed by atoms with van der Waals surface area (Å²) < 4.78 is 6.23. The largest absolute Gasteiger partial charge is 0.508 e. The number of carboxylic acid groups (broad SMARTS) is 1. The maximum atomic E-state index is 13.4. The van der Waals surface area contributed by atoms with Gasteiger partial charge in [0.05, 0.1) is 5.41 Å². The summed E-state index contributed by atoms with van der Waals surface area (Å²) >= 11 is 0. The van der Waals surface area contributed by atoms with Gasteiger partial charge in [-0.05, 0) is 116 Å². The lowest BCUT2D eigenvalue weighted by Gasteiger charge is -2.70. The molecule has 1 aromatic carbocycles. The van der Waals surface area contributed by atoms with Gasteiger partial charge in [-0.2, -0.15) is 0 Å². The van der Waals surface area contributed by atoms with Crippen molar-refractivity contribution in [1.29, 1.82) is 0 Å². The Balaban J connectivity index is 1.42. The number of phenols is 1. The fourth-order valence-corrected chi connectivity index (χ4v) is 11.6. The van der Waals surface area contributed by atoms with Crippen molar-refractivity contribution in [2.24, 2.45) is 50.2 Å². The predicted molar refractivity (Wildman–Crippen MR) is 179 cm³/mol. The van der Waals surface area contributed by atoms with Gasteiger partial charge in [-0.25, -0.2) is 4.79 Å². The number of hydrogen-bond acceptors (Lipinski definition) is 6. The zero-order valence-electron chi connectivity index (χ0n) is 28.6. The Morgan fingerprint density at radius 2 is 1.72 bits per heavy atom. The number of aliphatic carboxylic acids is 1. The number of ketones is 1. The van der Waals surface area contributed by atoms with Gasteiger partial charge < -0.3 is 20.7 Å². The number of nitrogens with two attached hydrogens (primary N) is 1. The van der Waals surface area contributed by atoms with Gasteiger partial charge in [-0.15, -0.1) is 0 Å². The summed E-state index contributed by atoms with van der Waals surface area (Å²) in [5, 5.41) is 20.7. The van der Waals surface area contributed by atoms with Crippen molar-refractivity contribution in [3.05, 3.63) is 41.5 Å². The fraction of sp³-hybridized carbons (Fsp3) is 0.667. The Bertz CT molecular complexity index is 1520. The predicted octanol–water partition coefficient (Wildman–Crippen LogP) is 7.97. The average molecular weight is 632 g/mol. The van der Waals surface area contributed by atoms with E-state index >= 15 is 0 Å². The Morgan fingerprint density at radius 1 is 1.00 bits per heavy atom. The summed E-state index contributed by atoms with van der Waals surface area (Å²) in [5.74, 6) is -0.302. The molecule has 5 aliphatic rings. The quantitative estimate of drug-likeness (QED) is 0.0989. The first-order valence-electron chi connectivity index (χ1n) is 17.3. The number of carbonyl (C=O) groups excluding carboxylic acids is 2. The summed E-state index contributed by atoms with van der Waals surface area (Å²) in [6.07, 6.45) is 13.1. The topological polar surface area (TPSA) is 127 Å². The van der Waals surface area contributed by atoms with Crippen LogP contribution in [-0.2, 0) is 19.1 Å². The number of carbonyl (C=O) groups is 3. The second-order valence-corrected chi connectivity index (χ2v) is 17.3. The van der Waals surface area contributed by atoms with Crippen LogP contribution in [0.25, 0.3) is 6.08 Å². The van der Waals surface area contributed by atoms with Crippen molar-refractivity contribution in [1.82, 2.24) is 0 Å². The summed E-state index contributed by atoms with van der Waals surface area (Å²) in [6.45, 7) is 13.8. The van der Waals surface area contributed by atoms with Crippen LogP contribution in [0.15, 0.2) is 35.9 Å². The highest BCUT2D eigenvalue weighted by Gasteiger charge is 2.71. The molecule has 4 saturated carbocycles. The van der Waals surface area contributed by atoms with E-state index in [0.29, 0.717) is 42.7 Å². The van der Waals surface area contributed by atoms with Crippen molar-refractivity contribution in [3.63, 3.8) is 0 Å². The maximum Gasteiger partial charge on any atom is 0.330 e. The van der Waals surface area contributed by atoms with Crippen molar-refractivity contribution in [2.75, 3.05) is 12.3 Å². The molecular formula is C39H53NO6. The fourth-order valence-electron chi connectivity index (χ4n) is 11.6. The summed E-state index contributed by atoms with van der Waals surface area (Å²) in [7, 11) is 0. The molecule has 4 fully saturated rings. The SMILES string of the molecule is CC1(C)CCC2(C(=O)O)CCC3(COC(=O)/C=C/c4cc(O)ccc4N)C(=CCC4C5(C)CCC(=O)C(C)(C)C5CCC43C)C2C1. The number of carboxylic acids is 1. The number of allylic oxidation sites excluding steroid dienone is 1. The molecule has 1 aromatic rings. The van der Waals surface area contributed by atoms with Crippen LogP contribution in [0, 0.1) is 50.2 Å². The van der Waals surface area contributed by atoms with Gasteiger partial charge in [0.2, 0.25) is 0 Å². The zero-order chi connectivity index (χ0) is 33.5. The standard InChI is InChI=1S/C39H53NO6/c1-34(2)17-18-38(33(44)45)19-20-39(23-46-32(43)12-7-24-21-25(41)8-10-28(24)40)26(27(38)22-34)9-11-30-36(5)15-14-31(42)35(3,4)29(36)13-16-37(30,39)6/h7-10,12,21,27,29-30,41H,11,13-20,22-23,40H2,1-6H3,(H,44,45)/b12-7+. The van der Waals surface area contributed by atoms with E-state index in [0.717, 1.165) is 38.5 Å². The first-order chi connectivity index (χ1) is 21.4. The monoisotopic (exact) mass is 631 g/mol. The molecule has 7 heteroatoms. The molecule has 46 heavy (non-hydrogen) atoms. The van der Waals surface area contributed by atoms with Crippen molar-refractivity contribution >= 4 is 29.5 Å². The third-order valence-corrected chi connectivity index (χ3v) is 14.4. The molecule has 0 saturated heterocycles. The number of esters is 1. The molecule has 7 nitrogen and oxygen atoms in total. The molecule has 5 aliphatic carbocycles. The molecule has 0 bridgehead atoms.